The summed E-state index contributed by atoms with van der Waals surface area (Å²) in [6.45, 7) is 6.03. The second-order valence-electron chi connectivity index (χ2n) is 4.82. The van der Waals surface area contributed by atoms with Gasteiger partial charge in [0.15, 0.2) is 0 Å². The van der Waals surface area contributed by atoms with E-state index < -0.39 is 6.00 Å². The van der Waals surface area contributed by atoms with Gasteiger partial charge in [0.2, 0.25) is 0 Å². The zero-order chi connectivity index (χ0) is 13.3. The van der Waals surface area contributed by atoms with Gasteiger partial charge < -0.3 is 0 Å². The largest absolute Gasteiger partial charge is 0.342 e. The minimum absolute atomic E-state index is 0.244. The van der Waals surface area contributed by atoms with Gasteiger partial charge in [0.1, 0.15) is 0 Å². The van der Waals surface area contributed by atoms with Crippen molar-refractivity contribution in [3.8, 4) is 0 Å². The van der Waals surface area contributed by atoms with Crippen LogP contribution in [0.1, 0.15) is 37.8 Å². The van der Waals surface area contributed by atoms with E-state index in [1.54, 1.807) is 0 Å². The summed E-state index contributed by atoms with van der Waals surface area (Å²) in [4.78, 5) is -0.368. The molecule has 0 aliphatic rings. The number of alkyl halides is 1. The van der Waals surface area contributed by atoms with E-state index in [0.717, 1.165) is 5.56 Å². The van der Waals surface area contributed by atoms with Crippen LogP contribution in [0.15, 0.2) is 24.3 Å². The van der Waals surface area contributed by atoms with Crippen molar-refractivity contribution in [3.05, 3.63) is 35.4 Å². The number of hydrogen-bond acceptors (Lipinski definition) is 0. The molecule has 1 aromatic rings. The highest BCUT2D eigenvalue weighted by Crippen LogP contribution is 2.36. The van der Waals surface area contributed by atoms with E-state index in [1.165, 1.54) is 5.56 Å². The highest BCUT2D eigenvalue weighted by molar-refractivity contribution is 7.64. The molecule has 0 radical (unpaired) electrons. The summed E-state index contributed by atoms with van der Waals surface area (Å²) in [6, 6.07) is 6.23. The fourth-order valence-corrected chi connectivity index (χ4v) is 4.81. The normalized spacial score (nSPS) is 14.8. The van der Waals surface area contributed by atoms with Gasteiger partial charge in [-0.1, -0.05) is 31.2 Å². The van der Waals surface area contributed by atoms with Crippen LogP contribution >= 0.6 is 44.8 Å². The standard InChI is InChI=1S/C12H16Cl4Si/c1-9(8-17(14,15)16)10-5-4-6-11(7-10)12(2,3)13/h4-7,9H,8H2,1-3H3. The van der Waals surface area contributed by atoms with E-state index in [9.17, 15) is 0 Å². The fraction of sp³-hybridized carbons (Fsp3) is 0.500. The molecule has 0 amide bonds. The Kier molecular flexibility index (Phi) is 5.26. The zero-order valence-corrected chi connectivity index (χ0v) is 14.1. The molecule has 17 heavy (non-hydrogen) atoms. The third kappa shape index (κ3) is 5.40. The van der Waals surface area contributed by atoms with Crippen LogP contribution in [0.25, 0.3) is 0 Å². The molecule has 0 aliphatic heterocycles. The Morgan fingerprint density at radius 3 is 2.29 bits per heavy atom. The Hall–Kier alpha value is 0.597. The van der Waals surface area contributed by atoms with Crippen LogP contribution < -0.4 is 0 Å². The van der Waals surface area contributed by atoms with Gasteiger partial charge in [-0.2, -0.15) is 0 Å². The molecule has 1 rings (SSSR count). The topological polar surface area (TPSA) is 0 Å². The lowest BCUT2D eigenvalue weighted by Gasteiger charge is -2.20. The van der Waals surface area contributed by atoms with Gasteiger partial charge >= 0.3 is 6.00 Å². The molecule has 0 aromatic heterocycles. The average Bonchev–Trinajstić information content (AvgIpc) is 2.14. The van der Waals surface area contributed by atoms with Crippen LogP contribution in [0, 0.1) is 0 Å². The Morgan fingerprint density at radius 1 is 1.24 bits per heavy atom. The summed E-state index contributed by atoms with van der Waals surface area (Å²) in [6.07, 6.45) is 0. The van der Waals surface area contributed by atoms with E-state index >= 15 is 0 Å². The van der Waals surface area contributed by atoms with Crippen molar-refractivity contribution in [2.24, 2.45) is 0 Å². The quantitative estimate of drug-likeness (QED) is 0.365. The summed E-state index contributed by atoms with van der Waals surface area (Å²) < 4.78 is 0. The minimum Gasteiger partial charge on any atom is -0.126 e. The maximum atomic E-state index is 6.30. The molecule has 0 saturated carbocycles. The van der Waals surface area contributed by atoms with E-state index in [1.807, 2.05) is 26.0 Å². The molecular formula is C12H16Cl4Si. The van der Waals surface area contributed by atoms with Crippen LogP contribution in [0.2, 0.25) is 6.04 Å². The van der Waals surface area contributed by atoms with Gasteiger partial charge in [-0.3, -0.25) is 0 Å². The van der Waals surface area contributed by atoms with Gasteiger partial charge in [0.05, 0.1) is 4.87 Å². The zero-order valence-electron chi connectivity index (χ0n) is 10.1. The van der Waals surface area contributed by atoms with Crippen LogP contribution in [-0.4, -0.2) is 6.00 Å². The second-order valence-corrected chi connectivity index (χ2v) is 14.9. The van der Waals surface area contributed by atoms with Crippen molar-refractivity contribution in [1.29, 1.82) is 0 Å². The number of benzene rings is 1. The van der Waals surface area contributed by atoms with Gasteiger partial charge in [-0.05, 0) is 36.9 Å². The Morgan fingerprint density at radius 2 is 1.82 bits per heavy atom. The monoisotopic (exact) mass is 328 g/mol. The van der Waals surface area contributed by atoms with E-state index in [0.29, 0.717) is 6.04 Å². The molecule has 0 aliphatic carbocycles. The van der Waals surface area contributed by atoms with Gasteiger partial charge in [0, 0.05) is 0 Å². The molecule has 0 bridgehead atoms. The molecule has 96 valence electrons. The summed E-state index contributed by atoms with van der Waals surface area (Å²) in [5.41, 5.74) is 2.27. The SMILES string of the molecule is CC(C[Si](Cl)(Cl)Cl)c1cccc(C(C)(C)Cl)c1. The molecule has 0 N–H and O–H groups in total. The first-order chi connectivity index (χ1) is 7.59. The molecule has 0 spiro atoms. The van der Waals surface area contributed by atoms with Crippen molar-refractivity contribution in [2.45, 2.75) is 37.6 Å². The predicted octanol–water partition coefficient (Wildman–Crippen LogP) is 5.92. The van der Waals surface area contributed by atoms with E-state index in [4.69, 9.17) is 44.8 Å². The van der Waals surface area contributed by atoms with Crippen LogP contribution in [0.3, 0.4) is 0 Å². The third-order valence-corrected chi connectivity index (χ3v) is 5.36. The van der Waals surface area contributed by atoms with Crippen molar-refractivity contribution < 1.29 is 0 Å². The maximum absolute atomic E-state index is 6.30. The average molecular weight is 330 g/mol. The lowest BCUT2D eigenvalue weighted by atomic mass is 9.95. The van der Waals surface area contributed by atoms with Crippen LogP contribution in [-0.2, 0) is 4.87 Å². The fourth-order valence-electron chi connectivity index (χ4n) is 1.68. The lowest BCUT2D eigenvalue weighted by molar-refractivity contribution is 0.757. The van der Waals surface area contributed by atoms with Crippen LogP contribution in [0.5, 0.6) is 0 Å². The van der Waals surface area contributed by atoms with Crippen molar-refractivity contribution in [2.75, 3.05) is 0 Å². The van der Waals surface area contributed by atoms with Gasteiger partial charge in [-0.15, -0.1) is 44.8 Å². The molecule has 1 unspecified atom stereocenters. The van der Waals surface area contributed by atoms with Crippen molar-refractivity contribution >= 4 is 50.8 Å². The highest BCUT2D eigenvalue weighted by Gasteiger charge is 2.28. The number of rotatable bonds is 4. The predicted molar refractivity (Wildman–Crippen MR) is 81.9 cm³/mol. The van der Waals surface area contributed by atoms with E-state index in [2.05, 4.69) is 19.1 Å². The molecular weight excluding hydrogens is 314 g/mol. The summed E-state index contributed by atoms with van der Waals surface area (Å²) in [5.74, 6) is 0.244. The summed E-state index contributed by atoms with van der Waals surface area (Å²) >= 11 is 24.2. The second kappa shape index (κ2) is 5.71. The van der Waals surface area contributed by atoms with Gasteiger partial charge in [-0.25, -0.2) is 0 Å². The van der Waals surface area contributed by atoms with Crippen LogP contribution in [0.4, 0.5) is 0 Å². The molecule has 1 aromatic carbocycles. The number of hydrogen-bond donors (Lipinski definition) is 0. The van der Waals surface area contributed by atoms with E-state index in [-0.39, 0.29) is 10.8 Å². The first-order valence-electron chi connectivity index (χ1n) is 5.46. The summed E-state index contributed by atoms with van der Waals surface area (Å²) in [5, 5.41) is 0. The molecule has 0 nitrogen and oxygen atoms in total. The molecule has 0 heterocycles. The maximum Gasteiger partial charge on any atom is 0.342 e. The molecule has 0 saturated heterocycles. The Labute approximate surface area is 123 Å². The van der Waals surface area contributed by atoms with Crippen molar-refractivity contribution in [1.82, 2.24) is 0 Å². The Balaban J connectivity index is 2.92. The first kappa shape index (κ1) is 15.7. The molecule has 0 fully saturated rings. The smallest absolute Gasteiger partial charge is 0.126 e. The minimum atomic E-state index is -2.58. The van der Waals surface area contributed by atoms with Crippen molar-refractivity contribution in [3.63, 3.8) is 0 Å². The molecule has 1 atom stereocenters. The Bertz CT molecular complexity index is 379. The third-order valence-electron chi connectivity index (χ3n) is 2.68. The lowest BCUT2D eigenvalue weighted by Crippen LogP contribution is -2.14. The first-order valence-corrected chi connectivity index (χ1v) is 11.1. The highest BCUT2D eigenvalue weighted by atomic mass is 35.8. The van der Waals surface area contributed by atoms with Gasteiger partial charge in [0.25, 0.3) is 0 Å². The summed E-state index contributed by atoms with van der Waals surface area (Å²) in [7, 11) is 0. The molecule has 5 heteroatoms. The number of halogens is 4.